The third kappa shape index (κ3) is 6.04. The third-order valence-electron chi connectivity index (χ3n) is 3.26. The minimum absolute atomic E-state index is 0.354. The monoisotopic (exact) mass is 263 g/mol. The van der Waals surface area contributed by atoms with Gasteiger partial charge in [0.05, 0.1) is 0 Å². The summed E-state index contributed by atoms with van der Waals surface area (Å²) in [6, 6.07) is 2.01. The van der Waals surface area contributed by atoms with Gasteiger partial charge < -0.3 is 4.90 Å². The second-order valence-corrected chi connectivity index (χ2v) is 6.35. The first-order valence-corrected chi connectivity index (χ1v) is 7.53. The lowest BCUT2D eigenvalue weighted by molar-refractivity contribution is 0.377. The van der Waals surface area contributed by atoms with Gasteiger partial charge in [-0.2, -0.15) is 0 Å². The fraction of sp³-hybridized carbons (Fsp3) is 0.750. The van der Waals surface area contributed by atoms with Crippen molar-refractivity contribution in [3.8, 4) is 0 Å². The maximum Gasteiger partial charge on any atom is 0.225 e. The van der Waals surface area contributed by atoms with E-state index in [4.69, 9.17) is 0 Å². The number of rotatable bonds is 7. The van der Waals surface area contributed by atoms with Crippen molar-refractivity contribution in [3.05, 3.63) is 18.0 Å². The van der Waals surface area contributed by atoms with Gasteiger partial charge in [0.25, 0.3) is 0 Å². The molecule has 0 unspecified atom stereocenters. The summed E-state index contributed by atoms with van der Waals surface area (Å²) >= 11 is 0. The molecule has 0 N–H and O–H groups in total. The molecule has 0 bridgehead atoms. The topological polar surface area (TPSA) is 29.0 Å². The van der Waals surface area contributed by atoms with Gasteiger partial charge in [-0.05, 0) is 30.7 Å². The molecule has 3 heteroatoms. The molecule has 0 aromatic carbocycles. The van der Waals surface area contributed by atoms with Crippen LogP contribution in [-0.4, -0.2) is 23.1 Å². The van der Waals surface area contributed by atoms with Crippen LogP contribution in [0.4, 0.5) is 5.95 Å². The molecule has 1 aromatic heterocycles. The number of unbranched alkanes of at least 4 members (excludes halogenated alkanes) is 1. The normalized spacial score (nSPS) is 11.6. The van der Waals surface area contributed by atoms with Gasteiger partial charge in [-0.25, -0.2) is 9.97 Å². The summed E-state index contributed by atoms with van der Waals surface area (Å²) in [6.45, 7) is 13.3. The highest BCUT2D eigenvalue weighted by Crippen LogP contribution is 2.20. The van der Waals surface area contributed by atoms with Crippen LogP contribution in [0.5, 0.6) is 0 Å². The highest BCUT2D eigenvalue weighted by Gasteiger charge is 2.15. The lowest BCUT2D eigenvalue weighted by Gasteiger charge is -2.27. The molecule has 0 saturated carbocycles. The zero-order valence-corrected chi connectivity index (χ0v) is 13.2. The van der Waals surface area contributed by atoms with Gasteiger partial charge in [0, 0.05) is 25.0 Å². The van der Waals surface area contributed by atoms with E-state index in [0.29, 0.717) is 5.41 Å². The predicted octanol–water partition coefficient (Wildman–Crippen LogP) is 4.08. The highest BCUT2D eigenvalue weighted by molar-refractivity contribution is 5.30. The van der Waals surface area contributed by atoms with Crippen molar-refractivity contribution in [2.45, 2.75) is 60.3 Å². The molecule has 0 fully saturated rings. The Hall–Kier alpha value is -1.12. The molecule has 0 aliphatic heterocycles. The maximum atomic E-state index is 4.66. The Kier molecular flexibility index (Phi) is 6.26. The zero-order valence-electron chi connectivity index (χ0n) is 13.2. The van der Waals surface area contributed by atoms with Crippen LogP contribution in [0.15, 0.2) is 12.3 Å². The second kappa shape index (κ2) is 7.46. The standard InChI is InChI=1S/C16H29N3/c1-6-8-12-19(13-10-16(3,4)5)15-17-11-9-14(7-2)18-15/h9,11H,6-8,10,12-13H2,1-5H3. The summed E-state index contributed by atoms with van der Waals surface area (Å²) in [6.07, 6.45) is 6.42. The Bertz CT molecular complexity index is 369. The van der Waals surface area contributed by atoms with E-state index in [1.807, 2.05) is 12.3 Å². The van der Waals surface area contributed by atoms with E-state index in [2.05, 4.69) is 49.5 Å². The first-order chi connectivity index (χ1) is 8.96. The first-order valence-electron chi connectivity index (χ1n) is 7.53. The fourth-order valence-corrected chi connectivity index (χ4v) is 1.86. The highest BCUT2D eigenvalue weighted by atomic mass is 15.2. The molecule has 19 heavy (non-hydrogen) atoms. The molecule has 0 saturated heterocycles. The van der Waals surface area contributed by atoms with Gasteiger partial charge in [0.15, 0.2) is 0 Å². The summed E-state index contributed by atoms with van der Waals surface area (Å²) in [7, 11) is 0. The number of anilines is 1. The van der Waals surface area contributed by atoms with Crippen molar-refractivity contribution in [2.24, 2.45) is 5.41 Å². The minimum atomic E-state index is 0.354. The van der Waals surface area contributed by atoms with Crippen LogP contribution in [0.1, 0.15) is 59.6 Å². The maximum absolute atomic E-state index is 4.66. The van der Waals surface area contributed by atoms with Crippen molar-refractivity contribution in [2.75, 3.05) is 18.0 Å². The lowest BCUT2D eigenvalue weighted by Crippen LogP contribution is -2.30. The van der Waals surface area contributed by atoms with E-state index in [9.17, 15) is 0 Å². The molecular weight excluding hydrogens is 234 g/mol. The van der Waals surface area contributed by atoms with E-state index < -0.39 is 0 Å². The number of aryl methyl sites for hydroxylation is 1. The average molecular weight is 263 g/mol. The van der Waals surface area contributed by atoms with Crippen molar-refractivity contribution < 1.29 is 0 Å². The van der Waals surface area contributed by atoms with Crippen LogP contribution < -0.4 is 4.90 Å². The summed E-state index contributed by atoms with van der Waals surface area (Å²) in [5.74, 6) is 0.900. The van der Waals surface area contributed by atoms with Gasteiger partial charge in [0.1, 0.15) is 0 Å². The van der Waals surface area contributed by atoms with E-state index >= 15 is 0 Å². The Morgan fingerprint density at radius 2 is 1.89 bits per heavy atom. The second-order valence-electron chi connectivity index (χ2n) is 6.35. The van der Waals surface area contributed by atoms with Crippen LogP contribution in [0.2, 0.25) is 0 Å². The summed E-state index contributed by atoms with van der Waals surface area (Å²) in [4.78, 5) is 11.5. The summed E-state index contributed by atoms with van der Waals surface area (Å²) in [5, 5.41) is 0. The quantitative estimate of drug-likeness (QED) is 0.742. The van der Waals surface area contributed by atoms with Crippen molar-refractivity contribution >= 4 is 5.95 Å². The van der Waals surface area contributed by atoms with Gasteiger partial charge in [0.2, 0.25) is 5.95 Å². The van der Waals surface area contributed by atoms with Crippen molar-refractivity contribution in [1.82, 2.24) is 9.97 Å². The van der Waals surface area contributed by atoms with Crippen LogP contribution >= 0.6 is 0 Å². The molecule has 1 rings (SSSR count). The van der Waals surface area contributed by atoms with Gasteiger partial charge in [-0.1, -0.05) is 41.0 Å². The van der Waals surface area contributed by atoms with Gasteiger partial charge in [-0.3, -0.25) is 0 Å². The van der Waals surface area contributed by atoms with E-state index in [0.717, 1.165) is 37.6 Å². The van der Waals surface area contributed by atoms with Crippen molar-refractivity contribution in [3.63, 3.8) is 0 Å². The number of hydrogen-bond acceptors (Lipinski definition) is 3. The smallest absolute Gasteiger partial charge is 0.225 e. The molecule has 108 valence electrons. The molecule has 0 aliphatic rings. The molecule has 0 aliphatic carbocycles. The Balaban J connectivity index is 2.76. The number of hydrogen-bond donors (Lipinski definition) is 0. The SMILES string of the molecule is CCCCN(CCC(C)(C)C)c1nccc(CC)n1. The Morgan fingerprint density at radius 3 is 2.47 bits per heavy atom. The largest absolute Gasteiger partial charge is 0.341 e. The molecule has 1 aromatic rings. The van der Waals surface area contributed by atoms with E-state index in [-0.39, 0.29) is 0 Å². The average Bonchev–Trinajstić information content (AvgIpc) is 2.38. The minimum Gasteiger partial charge on any atom is -0.341 e. The molecule has 0 radical (unpaired) electrons. The van der Waals surface area contributed by atoms with Crippen LogP contribution in [-0.2, 0) is 6.42 Å². The Labute approximate surface area is 118 Å². The van der Waals surface area contributed by atoms with Crippen LogP contribution in [0.25, 0.3) is 0 Å². The van der Waals surface area contributed by atoms with Crippen LogP contribution in [0.3, 0.4) is 0 Å². The predicted molar refractivity (Wildman–Crippen MR) is 82.6 cm³/mol. The summed E-state index contributed by atoms with van der Waals surface area (Å²) < 4.78 is 0. The van der Waals surface area contributed by atoms with Gasteiger partial charge in [-0.15, -0.1) is 0 Å². The van der Waals surface area contributed by atoms with Crippen molar-refractivity contribution in [1.29, 1.82) is 0 Å². The van der Waals surface area contributed by atoms with E-state index in [1.165, 1.54) is 12.8 Å². The molecule has 0 atom stereocenters. The molecular formula is C16H29N3. The third-order valence-corrected chi connectivity index (χ3v) is 3.26. The summed E-state index contributed by atoms with van der Waals surface area (Å²) in [5.41, 5.74) is 1.48. The van der Waals surface area contributed by atoms with Crippen LogP contribution in [0, 0.1) is 5.41 Å². The number of nitrogens with zero attached hydrogens (tertiary/aromatic N) is 3. The fourth-order valence-electron chi connectivity index (χ4n) is 1.86. The molecule has 0 spiro atoms. The van der Waals surface area contributed by atoms with Gasteiger partial charge >= 0.3 is 0 Å². The lowest BCUT2D eigenvalue weighted by atomic mass is 9.92. The van der Waals surface area contributed by atoms with E-state index in [1.54, 1.807) is 0 Å². The molecule has 1 heterocycles. The Morgan fingerprint density at radius 1 is 1.16 bits per heavy atom. The molecule has 0 amide bonds. The first kappa shape index (κ1) is 15.9. The molecule has 3 nitrogen and oxygen atoms in total. The number of aromatic nitrogens is 2. The zero-order chi connectivity index (χ0) is 14.3.